The molecule has 4 nitrogen and oxygen atoms in total. The van der Waals surface area contributed by atoms with E-state index in [4.69, 9.17) is 0 Å². The Hall–Kier alpha value is -1.98. The molecule has 2 atom stereocenters. The van der Waals surface area contributed by atoms with Gasteiger partial charge >= 0.3 is 6.03 Å². The molecule has 0 radical (unpaired) electrons. The molecule has 120 valence electrons. The van der Waals surface area contributed by atoms with Crippen LogP contribution in [0.2, 0.25) is 0 Å². The Labute approximate surface area is 128 Å². The zero-order chi connectivity index (χ0) is 16.7. The van der Waals surface area contributed by atoms with Gasteiger partial charge in [-0.25, -0.2) is 13.6 Å². The molecule has 6 heteroatoms. The van der Waals surface area contributed by atoms with Gasteiger partial charge in [0.1, 0.15) is 6.04 Å². The fourth-order valence-electron chi connectivity index (χ4n) is 2.48. The molecule has 2 rings (SSSR count). The number of nitrogens with zero attached hydrogens (tertiary/aromatic N) is 1. The molecule has 0 aromatic heterocycles. The molecule has 1 aliphatic heterocycles. The highest BCUT2D eigenvalue weighted by Gasteiger charge is 2.44. The monoisotopic (exact) mass is 310 g/mol. The van der Waals surface area contributed by atoms with Crippen molar-refractivity contribution in [3.8, 4) is 0 Å². The Morgan fingerprint density at radius 3 is 2.36 bits per heavy atom. The second-order valence-electron chi connectivity index (χ2n) is 6.77. The van der Waals surface area contributed by atoms with Crippen LogP contribution in [0.3, 0.4) is 0 Å². The molecule has 1 aromatic rings. The molecule has 1 saturated heterocycles. The van der Waals surface area contributed by atoms with Gasteiger partial charge in [0.25, 0.3) is 5.91 Å². The van der Waals surface area contributed by atoms with Gasteiger partial charge in [0.05, 0.1) is 0 Å². The highest BCUT2D eigenvalue weighted by Crippen LogP contribution is 2.27. The van der Waals surface area contributed by atoms with E-state index >= 15 is 0 Å². The molecule has 3 amide bonds. The molecule has 1 aliphatic rings. The molecule has 1 N–H and O–H groups in total. The van der Waals surface area contributed by atoms with Crippen LogP contribution in [0.4, 0.5) is 13.6 Å². The Bertz CT molecular complexity index is 611. The van der Waals surface area contributed by atoms with Gasteiger partial charge in [-0.2, -0.15) is 0 Å². The van der Waals surface area contributed by atoms with E-state index < -0.39 is 23.7 Å². The van der Waals surface area contributed by atoms with Crippen LogP contribution in [-0.4, -0.2) is 29.4 Å². The molecule has 1 aromatic carbocycles. The maximum Gasteiger partial charge on any atom is 0.324 e. The van der Waals surface area contributed by atoms with Crippen molar-refractivity contribution in [2.24, 2.45) is 5.41 Å². The maximum atomic E-state index is 13.3. The molecule has 1 heterocycles. The molecule has 0 saturated carbocycles. The minimum atomic E-state index is -0.936. The summed E-state index contributed by atoms with van der Waals surface area (Å²) in [7, 11) is 0. The maximum absolute atomic E-state index is 13.3. The molecule has 1 fully saturated rings. The lowest BCUT2D eigenvalue weighted by Gasteiger charge is -2.25. The summed E-state index contributed by atoms with van der Waals surface area (Å²) in [6.07, 6.45) is 0. The van der Waals surface area contributed by atoms with Crippen molar-refractivity contribution in [1.82, 2.24) is 10.2 Å². The van der Waals surface area contributed by atoms with E-state index in [2.05, 4.69) is 5.32 Å². The molecular formula is C16H20F2N2O2. The third kappa shape index (κ3) is 3.10. The highest BCUT2D eigenvalue weighted by molar-refractivity contribution is 6.04. The van der Waals surface area contributed by atoms with Gasteiger partial charge in [-0.1, -0.05) is 33.8 Å². The fraction of sp³-hybridized carbons (Fsp3) is 0.500. The van der Waals surface area contributed by atoms with Crippen LogP contribution >= 0.6 is 0 Å². The van der Waals surface area contributed by atoms with Crippen molar-refractivity contribution < 1.29 is 18.4 Å². The standard InChI is InChI=1S/C16H20F2N2O2/c1-9(10-5-6-11(17)12(18)7-10)8-20-14(21)13(16(2,3)4)19-15(20)22/h5-7,9,13H,8H2,1-4H3,(H,19,22)/t9-,13-/m1/s1. The third-order valence-electron chi connectivity index (χ3n) is 3.86. The zero-order valence-electron chi connectivity index (χ0n) is 13.1. The van der Waals surface area contributed by atoms with Crippen LogP contribution in [0.1, 0.15) is 39.2 Å². The van der Waals surface area contributed by atoms with E-state index in [1.807, 2.05) is 20.8 Å². The number of halogens is 2. The zero-order valence-corrected chi connectivity index (χ0v) is 13.1. The molecule has 0 aliphatic carbocycles. The highest BCUT2D eigenvalue weighted by atomic mass is 19.2. The van der Waals surface area contributed by atoms with Crippen molar-refractivity contribution in [2.45, 2.75) is 39.7 Å². The first kappa shape index (κ1) is 16.4. The summed E-state index contributed by atoms with van der Waals surface area (Å²) >= 11 is 0. The van der Waals surface area contributed by atoms with Gasteiger partial charge in [0.15, 0.2) is 11.6 Å². The summed E-state index contributed by atoms with van der Waals surface area (Å²) in [5.74, 6) is -2.43. The largest absolute Gasteiger partial charge is 0.325 e. The summed E-state index contributed by atoms with van der Waals surface area (Å²) in [5.41, 5.74) is 0.158. The number of benzene rings is 1. The Balaban J connectivity index is 2.14. The predicted molar refractivity (Wildman–Crippen MR) is 78.3 cm³/mol. The van der Waals surface area contributed by atoms with E-state index in [1.165, 1.54) is 6.07 Å². The minimum Gasteiger partial charge on any atom is -0.325 e. The SMILES string of the molecule is C[C@H](CN1C(=O)N[C@@H](C(C)(C)C)C1=O)c1ccc(F)c(F)c1. The number of carbonyl (C=O) groups is 2. The number of amides is 3. The molecule has 0 spiro atoms. The number of imide groups is 1. The van der Waals surface area contributed by atoms with Crippen LogP contribution in [0.15, 0.2) is 18.2 Å². The number of rotatable bonds is 3. The normalized spacial score (nSPS) is 20.3. The van der Waals surface area contributed by atoms with Crippen molar-refractivity contribution in [1.29, 1.82) is 0 Å². The number of hydrogen-bond donors (Lipinski definition) is 1. The molecule has 0 unspecified atom stereocenters. The second-order valence-corrected chi connectivity index (χ2v) is 6.77. The summed E-state index contributed by atoms with van der Waals surface area (Å²) in [6, 6.07) is 2.59. The average molecular weight is 310 g/mol. The van der Waals surface area contributed by atoms with Gasteiger partial charge < -0.3 is 5.32 Å². The first-order valence-corrected chi connectivity index (χ1v) is 7.18. The fourth-order valence-corrected chi connectivity index (χ4v) is 2.48. The quantitative estimate of drug-likeness (QED) is 0.872. The smallest absolute Gasteiger partial charge is 0.324 e. The Morgan fingerprint density at radius 1 is 1.23 bits per heavy atom. The number of nitrogens with one attached hydrogen (secondary N) is 1. The van der Waals surface area contributed by atoms with Gasteiger partial charge in [0.2, 0.25) is 0 Å². The van der Waals surface area contributed by atoms with Crippen LogP contribution in [-0.2, 0) is 4.79 Å². The topological polar surface area (TPSA) is 49.4 Å². The minimum absolute atomic E-state index is 0.127. The summed E-state index contributed by atoms with van der Waals surface area (Å²) < 4.78 is 26.3. The van der Waals surface area contributed by atoms with E-state index in [9.17, 15) is 18.4 Å². The van der Waals surface area contributed by atoms with E-state index in [0.717, 1.165) is 17.0 Å². The number of hydrogen-bond acceptors (Lipinski definition) is 2. The molecule has 22 heavy (non-hydrogen) atoms. The van der Waals surface area contributed by atoms with E-state index in [0.29, 0.717) is 5.56 Å². The number of carbonyl (C=O) groups excluding carboxylic acids is 2. The van der Waals surface area contributed by atoms with Crippen molar-refractivity contribution in [3.63, 3.8) is 0 Å². The van der Waals surface area contributed by atoms with Crippen LogP contribution in [0, 0.1) is 17.0 Å². The van der Waals surface area contributed by atoms with Gasteiger partial charge in [-0.05, 0) is 29.0 Å². The lowest BCUT2D eigenvalue weighted by atomic mass is 9.87. The van der Waals surface area contributed by atoms with Gasteiger partial charge in [-0.3, -0.25) is 9.69 Å². The summed E-state index contributed by atoms with van der Waals surface area (Å²) in [6.45, 7) is 7.51. The Kier molecular flexibility index (Phi) is 4.22. The molecular weight excluding hydrogens is 290 g/mol. The van der Waals surface area contributed by atoms with E-state index in [-0.39, 0.29) is 23.8 Å². The van der Waals surface area contributed by atoms with Crippen molar-refractivity contribution in [3.05, 3.63) is 35.4 Å². The van der Waals surface area contributed by atoms with Crippen LogP contribution < -0.4 is 5.32 Å². The Morgan fingerprint density at radius 2 is 1.86 bits per heavy atom. The van der Waals surface area contributed by atoms with Crippen LogP contribution in [0.25, 0.3) is 0 Å². The molecule has 0 bridgehead atoms. The van der Waals surface area contributed by atoms with Gasteiger partial charge in [0, 0.05) is 6.54 Å². The lowest BCUT2D eigenvalue weighted by molar-refractivity contribution is -0.129. The summed E-state index contributed by atoms with van der Waals surface area (Å²) in [4.78, 5) is 25.5. The van der Waals surface area contributed by atoms with Crippen LogP contribution in [0.5, 0.6) is 0 Å². The summed E-state index contributed by atoms with van der Waals surface area (Å²) in [5, 5.41) is 2.67. The second kappa shape index (κ2) is 5.66. The van der Waals surface area contributed by atoms with E-state index in [1.54, 1.807) is 6.92 Å². The average Bonchev–Trinajstić information content (AvgIpc) is 2.69. The van der Waals surface area contributed by atoms with Crippen molar-refractivity contribution in [2.75, 3.05) is 6.54 Å². The van der Waals surface area contributed by atoms with Crippen molar-refractivity contribution >= 4 is 11.9 Å². The predicted octanol–water partition coefficient (Wildman–Crippen LogP) is 3.03. The first-order valence-electron chi connectivity index (χ1n) is 7.18. The number of urea groups is 1. The first-order chi connectivity index (χ1) is 10.1. The third-order valence-corrected chi connectivity index (χ3v) is 3.86. The van der Waals surface area contributed by atoms with Gasteiger partial charge in [-0.15, -0.1) is 0 Å². The lowest BCUT2D eigenvalue weighted by Crippen LogP contribution is -2.41.